The highest BCUT2D eigenvalue weighted by molar-refractivity contribution is 6.10. The minimum Gasteiger partial charge on any atom is -0.308 e. The number of benzene rings is 5. The monoisotopic (exact) mass is 547 g/mol. The van der Waals surface area contributed by atoms with Gasteiger partial charge in [-0.2, -0.15) is 4.57 Å². The standard InChI is InChI=1S/C40H39N2/c1-25(2)27-20-21-35-33(22-27)39(42-36-18-12-10-16-30(36)31-17-11-13-19-37(31)42)24-38(41(35)7)32-23-34(40(4,5)6)29-15-9-8-14-28(29)26(32)3/h8-25H,1-7H3/q+1. The van der Waals surface area contributed by atoms with E-state index in [1.54, 1.807) is 0 Å². The molecule has 5 aromatic carbocycles. The molecule has 0 atom stereocenters. The lowest BCUT2D eigenvalue weighted by Crippen LogP contribution is -2.33. The zero-order valence-electron chi connectivity index (χ0n) is 25.8. The average Bonchev–Trinajstić information content (AvgIpc) is 3.31. The van der Waals surface area contributed by atoms with Crippen molar-refractivity contribution in [2.75, 3.05) is 0 Å². The van der Waals surface area contributed by atoms with Gasteiger partial charge >= 0.3 is 0 Å². The summed E-state index contributed by atoms with van der Waals surface area (Å²) in [5.41, 5.74) is 11.5. The molecule has 7 rings (SSSR count). The molecule has 208 valence electrons. The van der Waals surface area contributed by atoms with Gasteiger partial charge in [0, 0.05) is 22.9 Å². The van der Waals surface area contributed by atoms with Gasteiger partial charge in [-0.05, 0) is 70.0 Å². The van der Waals surface area contributed by atoms with Gasteiger partial charge in [-0.25, -0.2) is 0 Å². The van der Waals surface area contributed by atoms with Crippen LogP contribution in [0.2, 0.25) is 0 Å². The molecule has 0 aliphatic carbocycles. The van der Waals surface area contributed by atoms with E-state index in [1.807, 2.05) is 0 Å². The molecular weight excluding hydrogens is 508 g/mol. The molecule has 42 heavy (non-hydrogen) atoms. The van der Waals surface area contributed by atoms with Crippen LogP contribution < -0.4 is 4.57 Å². The maximum atomic E-state index is 2.49. The number of para-hydroxylation sites is 2. The Kier molecular flexibility index (Phi) is 6.02. The van der Waals surface area contributed by atoms with Gasteiger partial charge in [0.1, 0.15) is 7.05 Å². The van der Waals surface area contributed by atoms with Crippen molar-refractivity contribution in [1.82, 2.24) is 4.57 Å². The van der Waals surface area contributed by atoms with Crippen molar-refractivity contribution in [2.45, 2.75) is 52.9 Å². The summed E-state index contributed by atoms with van der Waals surface area (Å²) in [5.74, 6) is 0.447. The number of nitrogens with zero attached hydrogens (tertiary/aromatic N) is 2. The summed E-state index contributed by atoms with van der Waals surface area (Å²) in [5, 5.41) is 6.52. The Labute approximate surface area is 248 Å². The third-order valence-corrected chi connectivity index (χ3v) is 9.18. The Morgan fingerprint density at radius 2 is 1.21 bits per heavy atom. The Balaban J connectivity index is 1.66. The third kappa shape index (κ3) is 3.96. The number of hydrogen-bond donors (Lipinski definition) is 0. The molecular formula is C40H39N2+. The number of fused-ring (bicyclic) bond motifs is 5. The van der Waals surface area contributed by atoms with Gasteiger partial charge < -0.3 is 4.57 Å². The van der Waals surface area contributed by atoms with E-state index in [0.29, 0.717) is 5.92 Å². The molecule has 0 aliphatic rings. The van der Waals surface area contributed by atoms with Gasteiger partial charge in [0.2, 0.25) is 11.2 Å². The van der Waals surface area contributed by atoms with Crippen LogP contribution in [0.25, 0.3) is 60.4 Å². The summed E-state index contributed by atoms with van der Waals surface area (Å²) >= 11 is 0. The van der Waals surface area contributed by atoms with Crippen molar-refractivity contribution in [3.63, 3.8) is 0 Å². The normalized spacial score (nSPS) is 12.4. The van der Waals surface area contributed by atoms with Crippen LogP contribution in [0.3, 0.4) is 0 Å². The lowest BCUT2D eigenvalue weighted by atomic mass is 9.80. The number of aromatic nitrogens is 2. The summed E-state index contributed by atoms with van der Waals surface area (Å²) in [7, 11) is 2.23. The van der Waals surface area contributed by atoms with E-state index in [4.69, 9.17) is 0 Å². The molecule has 2 nitrogen and oxygen atoms in total. The Hall–Kier alpha value is -4.43. The zero-order chi connectivity index (χ0) is 29.3. The third-order valence-electron chi connectivity index (χ3n) is 9.18. The summed E-state index contributed by atoms with van der Waals surface area (Å²) in [6.45, 7) is 13.8. The molecule has 0 aliphatic heterocycles. The molecule has 7 aromatic rings. The van der Waals surface area contributed by atoms with Gasteiger partial charge in [-0.15, -0.1) is 0 Å². The van der Waals surface area contributed by atoms with E-state index >= 15 is 0 Å². The molecule has 0 bridgehead atoms. The first kappa shape index (κ1) is 26.5. The largest absolute Gasteiger partial charge is 0.308 e. The number of hydrogen-bond acceptors (Lipinski definition) is 0. The molecule has 2 heterocycles. The average molecular weight is 548 g/mol. The van der Waals surface area contributed by atoms with E-state index in [9.17, 15) is 0 Å². The second-order valence-corrected chi connectivity index (χ2v) is 13.2. The van der Waals surface area contributed by atoms with Crippen LogP contribution in [0.5, 0.6) is 0 Å². The topological polar surface area (TPSA) is 8.81 Å². The highest BCUT2D eigenvalue weighted by atomic mass is 15.0. The van der Waals surface area contributed by atoms with Crippen LogP contribution in [-0.2, 0) is 12.5 Å². The quantitative estimate of drug-likeness (QED) is 0.195. The van der Waals surface area contributed by atoms with Crippen molar-refractivity contribution < 1.29 is 4.57 Å². The van der Waals surface area contributed by atoms with Crippen molar-refractivity contribution in [1.29, 1.82) is 0 Å². The highest BCUT2D eigenvalue weighted by Crippen LogP contribution is 2.40. The first-order valence-corrected chi connectivity index (χ1v) is 15.1. The molecule has 2 aromatic heterocycles. The van der Waals surface area contributed by atoms with Crippen molar-refractivity contribution in [3.8, 4) is 16.9 Å². The molecule has 0 spiro atoms. The molecule has 0 saturated heterocycles. The number of rotatable bonds is 3. The van der Waals surface area contributed by atoms with Crippen LogP contribution in [0.4, 0.5) is 0 Å². The number of pyridine rings is 1. The second kappa shape index (κ2) is 9.56. The second-order valence-electron chi connectivity index (χ2n) is 13.2. The maximum absolute atomic E-state index is 2.49. The van der Waals surface area contributed by atoms with E-state index in [1.165, 1.54) is 77.1 Å². The Morgan fingerprint density at radius 1 is 0.643 bits per heavy atom. The summed E-state index contributed by atoms with van der Waals surface area (Å²) < 4.78 is 4.89. The van der Waals surface area contributed by atoms with E-state index < -0.39 is 0 Å². The molecule has 0 fully saturated rings. The Bertz CT molecular complexity index is 2120. The van der Waals surface area contributed by atoms with Crippen LogP contribution in [-0.4, -0.2) is 4.57 Å². The van der Waals surface area contributed by atoms with E-state index in [-0.39, 0.29) is 5.41 Å². The zero-order valence-corrected chi connectivity index (χ0v) is 25.8. The van der Waals surface area contributed by atoms with Gasteiger partial charge in [0.15, 0.2) is 0 Å². The predicted molar refractivity (Wildman–Crippen MR) is 180 cm³/mol. The molecule has 0 saturated carbocycles. The van der Waals surface area contributed by atoms with Gasteiger partial charge in [-0.1, -0.05) is 101 Å². The predicted octanol–water partition coefficient (Wildman–Crippen LogP) is 10.3. The Morgan fingerprint density at radius 3 is 1.81 bits per heavy atom. The molecule has 0 amide bonds. The summed E-state index contributed by atoms with van der Waals surface area (Å²) in [4.78, 5) is 0. The van der Waals surface area contributed by atoms with Crippen LogP contribution in [0.1, 0.15) is 57.2 Å². The van der Waals surface area contributed by atoms with Gasteiger partial charge in [0.25, 0.3) is 0 Å². The first-order chi connectivity index (χ1) is 20.1. The van der Waals surface area contributed by atoms with E-state index in [0.717, 1.165) is 0 Å². The van der Waals surface area contributed by atoms with Crippen LogP contribution in [0.15, 0.2) is 103 Å². The van der Waals surface area contributed by atoms with Crippen LogP contribution in [0, 0.1) is 6.92 Å². The van der Waals surface area contributed by atoms with Crippen molar-refractivity contribution in [3.05, 3.63) is 120 Å². The molecule has 0 radical (unpaired) electrons. The lowest BCUT2D eigenvalue weighted by molar-refractivity contribution is -0.633. The SMILES string of the molecule is Cc1c(-c2cc(-n3c4ccccc4c4ccccc43)c3cc(C(C)C)ccc3[n+]2C)cc(C(C)(C)C)c2ccccc12. The molecule has 0 N–H and O–H groups in total. The lowest BCUT2D eigenvalue weighted by Gasteiger charge is -2.24. The highest BCUT2D eigenvalue weighted by Gasteiger charge is 2.27. The maximum Gasteiger partial charge on any atom is 0.215 e. The van der Waals surface area contributed by atoms with Gasteiger partial charge in [0.05, 0.1) is 27.7 Å². The molecule has 0 unspecified atom stereocenters. The molecule has 2 heteroatoms. The smallest absolute Gasteiger partial charge is 0.215 e. The summed E-state index contributed by atoms with van der Waals surface area (Å²) in [6, 6.07) is 38.5. The number of aryl methyl sites for hydroxylation is 2. The van der Waals surface area contributed by atoms with E-state index in [2.05, 4.69) is 161 Å². The minimum atomic E-state index is 0.0132. The van der Waals surface area contributed by atoms with Crippen LogP contribution >= 0.6 is 0 Å². The minimum absolute atomic E-state index is 0.0132. The van der Waals surface area contributed by atoms with Crippen molar-refractivity contribution >= 4 is 43.5 Å². The fraction of sp³-hybridized carbons (Fsp3) is 0.225. The van der Waals surface area contributed by atoms with Gasteiger partial charge in [-0.3, -0.25) is 0 Å². The fourth-order valence-corrected chi connectivity index (χ4v) is 6.88. The first-order valence-electron chi connectivity index (χ1n) is 15.1. The fourth-order valence-electron chi connectivity index (χ4n) is 6.88. The van der Waals surface area contributed by atoms with Crippen molar-refractivity contribution in [2.24, 2.45) is 7.05 Å². The summed E-state index contributed by atoms with van der Waals surface area (Å²) in [6.07, 6.45) is 0.